The fraction of sp³-hybridized carbons (Fsp3) is 0.900. The van der Waals surface area contributed by atoms with Crippen molar-refractivity contribution < 1.29 is 13.3 Å². The highest BCUT2D eigenvalue weighted by molar-refractivity contribution is 6.60. The molecule has 0 fully saturated rings. The summed E-state index contributed by atoms with van der Waals surface area (Å²) in [5.41, 5.74) is 2.42. The molecule has 6 nitrogen and oxygen atoms in total. The van der Waals surface area contributed by atoms with Crippen LogP contribution in [0.1, 0.15) is 54.4 Å². The third-order valence-electron chi connectivity index (χ3n) is 4.35. The van der Waals surface area contributed by atoms with Crippen molar-refractivity contribution in [3.8, 4) is 0 Å². The Morgan fingerprint density at radius 1 is 0.778 bits per heavy atom. The predicted molar refractivity (Wildman–Crippen MR) is 118 cm³/mol. The average molecular weight is 402 g/mol. The molecular formula is C20H43N3O3Si. The van der Waals surface area contributed by atoms with Crippen molar-refractivity contribution in [2.75, 3.05) is 53.7 Å². The van der Waals surface area contributed by atoms with Crippen molar-refractivity contribution in [3.05, 3.63) is 0 Å². The summed E-state index contributed by atoms with van der Waals surface area (Å²) in [5, 5.41) is 0. The van der Waals surface area contributed by atoms with Gasteiger partial charge in [0.05, 0.1) is 19.3 Å². The van der Waals surface area contributed by atoms with E-state index in [9.17, 15) is 0 Å². The van der Waals surface area contributed by atoms with Gasteiger partial charge in [-0.1, -0.05) is 27.7 Å². The summed E-state index contributed by atoms with van der Waals surface area (Å²) in [6.45, 7) is 16.3. The first-order chi connectivity index (χ1) is 12.7. The number of aliphatic imine (C=N–C) groups is 2. The third-order valence-corrected chi connectivity index (χ3v) is 7.05. The number of rotatable bonds is 15. The van der Waals surface area contributed by atoms with Crippen molar-refractivity contribution in [2.24, 2.45) is 21.8 Å². The molecule has 0 aromatic heterocycles. The van der Waals surface area contributed by atoms with Crippen LogP contribution in [0.15, 0.2) is 9.98 Å². The van der Waals surface area contributed by atoms with Crippen molar-refractivity contribution in [3.63, 3.8) is 0 Å². The topological polar surface area (TPSA) is 55.7 Å². The van der Waals surface area contributed by atoms with Gasteiger partial charge in [-0.15, -0.1) is 0 Å². The van der Waals surface area contributed by atoms with Crippen molar-refractivity contribution in [2.45, 2.75) is 54.4 Å². The van der Waals surface area contributed by atoms with E-state index in [1.807, 2.05) is 0 Å². The molecule has 0 aliphatic carbocycles. The van der Waals surface area contributed by atoms with Crippen LogP contribution in [0.5, 0.6) is 0 Å². The first-order valence-electron chi connectivity index (χ1n) is 10.1. The second kappa shape index (κ2) is 14.4. The molecule has 0 unspecified atom stereocenters. The van der Waals surface area contributed by atoms with E-state index in [1.54, 1.807) is 21.3 Å². The SMILES string of the molecule is CO[Si](CN(CC/N=C(\C)CC(C)C)CC/N=C(\C)CC(C)C)(OC)OC. The van der Waals surface area contributed by atoms with Crippen molar-refractivity contribution >= 4 is 20.2 Å². The zero-order valence-corrected chi connectivity index (χ0v) is 20.2. The molecule has 0 bridgehead atoms. The maximum absolute atomic E-state index is 5.61. The Bertz CT molecular complexity index is 411. The second-order valence-corrected chi connectivity index (χ2v) is 10.9. The molecule has 0 aromatic rings. The Hall–Kier alpha value is -0.603. The molecule has 0 N–H and O–H groups in total. The average Bonchev–Trinajstić information content (AvgIpc) is 2.58. The van der Waals surface area contributed by atoms with Gasteiger partial charge >= 0.3 is 8.80 Å². The summed E-state index contributed by atoms with van der Waals surface area (Å²) >= 11 is 0. The largest absolute Gasteiger partial charge is 0.514 e. The number of hydrogen-bond acceptors (Lipinski definition) is 6. The van der Waals surface area contributed by atoms with Crippen LogP contribution < -0.4 is 0 Å². The maximum atomic E-state index is 5.61. The monoisotopic (exact) mass is 401 g/mol. The molecular weight excluding hydrogens is 358 g/mol. The molecule has 0 atom stereocenters. The predicted octanol–water partition coefficient (Wildman–Crippen LogP) is 3.72. The summed E-state index contributed by atoms with van der Waals surface area (Å²) in [5.74, 6) is 1.28. The van der Waals surface area contributed by atoms with Crippen LogP contribution in [-0.2, 0) is 13.3 Å². The van der Waals surface area contributed by atoms with Gasteiger partial charge in [-0.05, 0) is 38.5 Å². The van der Waals surface area contributed by atoms with Crippen LogP contribution in [0.25, 0.3) is 0 Å². The minimum atomic E-state index is -2.66. The molecule has 0 amide bonds. The summed E-state index contributed by atoms with van der Waals surface area (Å²) in [6, 6.07) is 0. The lowest BCUT2D eigenvalue weighted by atomic mass is 10.1. The molecule has 0 aliphatic rings. The van der Waals surface area contributed by atoms with Gasteiger partial charge in [-0.2, -0.15) is 0 Å². The van der Waals surface area contributed by atoms with Crippen LogP contribution in [0.2, 0.25) is 0 Å². The third kappa shape index (κ3) is 12.5. The molecule has 0 aliphatic heterocycles. The van der Waals surface area contributed by atoms with Crippen molar-refractivity contribution in [1.29, 1.82) is 0 Å². The van der Waals surface area contributed by atoms with E-state index < -0.39 is 8.80 Å². The van der Waals surface area contributed by atoms with E-state index in [2.05, 4.69) is 46.4 Å². The van der Waals surface area contributed by atoms with Crippen molar-refractivity contribution in [1.82, 2.24) is 4.90 Å². The number of nitrogens with zero attached hydrogens (tertiary/aromatic N) is 3. The molecule has 160 valence electrons. The lowest BCUT2D eigenvalue weighted by Crippen LogP contribution is -2.54. The van der Waals surface area contributed by atoms with Gasteiger partial charge in [-0.3, -0.25) is 14.9 Å². The van der Waals surface area contributed by atoms with E-state index in [4.69, 9.17) is 23.3 Å². The minimum Gasteiger partial charge on any atom is -0.376 e. The number of hydrogen-bond donors (Lipinski definition) is 0. The molecule has 0 saturated carbocycles. The Morgan fingerprint density at radius 3 is 1.44 bits per heavy atom. The molecule has 0 heterocycles. The maximum Gasteiger partial charge on any atom is 0.514 e. The standard InChI is InChI=1S/C20H43N3O3Si/c1-17(2)14-19(5)21-10-12-23(16-27(24-7,25-8)26-9)13-11-22-20(6)15-18(3)4/h17-18H,10-16H2,1-9H3/b21-19+,22-20+. The van der Waals surface area contributed by atoms with Gasteiger partial charge in [0, 0.05) is 45.8 Å². The zero-order chi connectivity index (χ0) is 20.9. The summed E-state index contributed by atoms with van der Waals surface area (Å²) in [6.07, 6.45) is 2.74. The van der Waals surface area contributed by atoms with E-state index >= 15 is 0 Å². The van der Waals surface area contributed by atoms with Gasteiger partial charge in [-0.25, -0.2) is 0 Å². The molecule has 0 rings (SSSR count). The Labute approximate surface area is 168 Å². The highest BCUT2D eigenvalue weighted by atomic mass is 28.4. The summed E-state index contributed by atoms with van der Waals surface area (Å²) < 4.78 is 16.8. The van der Waals surface area contributed by atoms with Gasteiger partial charge < -0.3 is 13.3 Å². The van der Waals surface area contributed by atoms with Crippen LogP contribution >= 0.6 is 0 Å². The van der Waals surface area contributed by atoms with Gasteiger partial charge in [0.1, 0.15) is 0 Å². The first-order valence-corrected chi connectivity index (χ1v) is 12.0. The van der Waals surface area contributed by atoms with Gasteiger partial charge in [0.2, 0.25) is 0 Å². The quantitative estimate of drug-likeness (QED) is 0.310. The van der Waals surface area contributed by atoms with E-state index in [0.29, 0.717) is 18.0 Å². The van der Waals surface area contributed by atoms with E-state index in [-0.39, 0.29) is 0 Å². The van der Waals surface area contributed by atoms with E-state index in [0.717, 1.165) is 39.0 Å². The molecule has 7 heteroatoms. The Kier molecular flexibility index (Phi) is 14.1. The minimum absolute atomic E-state index is 0.638. The molecule has 0 saturated heterocycles. The van der Waals surface area contributed by atoms with Crippen LogP contribution in [0, 0.1) is 11.8 Å². The van der Waals surface area contributed by atoms with E-state index in [1.165, 1.54) is 11.4 Å². The highest BCUT2D eigenvalue weighted by Gasteiger charge is 2.39. The summed E-state index contributed by atoms with van der Waals surface area (Å²) in [7, 11) is 2.32. The van der Waals surface area contributed by atoms with Gasteiger partial charge in [0.25, 0.3) is 0 Å². The normalized spacial score (nSPS) is 14.1. The highest BCUT2D eigenvalue weighted by Crippen LogP contribution is 2.09. The molecule has 0 radical (unpaired) electrons. The van der Waals surface area contributed by atoms with Gasteiger partial charge in [0.15, 0.2) is 0 Å². The van der Waals surface area contributed by atoms with Crippen LogP contribution in [0.3, 0.4) is 0 Å². The lowest BCUT2D eigenvalue weighted by Gasteiger charge is -2.30. The molecule has 0 aromatic carbocycles. The van der Waals surface area contributed by atoms with Crippen LogP contribution in [-0.4, -0.2) is 78.8 Å². The fourth-order valence-corrected chi connectivity index (χ4v) is 4.81. The van der Waals surface area contributed by atoms with Crippen LogP contribution in [0.4, 0.5) is 0 Å². The molecule has 0 spiro atoms. The summed E-state index contributed by atoms with van der Waals surface area (Å²) in [4.78, 5) is 11.8. The molecule has 27 heavy (non-hydrogen) atoms. The Balaban J connectivity index is 4.89. The lowest BCUT2D eigenvalue weighted by molar-refractivity contribution is 0.104. The smallest absolute Gasteiger partial charge is 0.376 e. The zero-order valence-electron chi connectivity index (χ0n) is 19.2. The second-order valence-electron chi connectivity index (χ2n) is 8.00. The first kappa shape index (κ1) is 26.4. The fourth-order valence-electron chi connectivity index (χ4n) is 3.06. The Morgan fingerprint density at radius 2 is 1.15 bits per heavy atom.